The number of hydrogen-bond donors (Lipinski definition) is 5. The maximum atomic E-state index is 14.7. The van der Waals surface area contributed by atoms with Crippen molar-refractivity contribution in [2.75, 3.05) is 32.1 Å². The number of rotatable bonds is 4. The number of allylic oxidation sites excluding steroid dienone is 2. The Morgan fingerprint density at radius 1 is 0.967 bits per heavy atom. The van der Waals surface area contributed by atoms with Crippen molar-refractivity contribution in [3.05, 3.63) is 58.0 Å². The molecular weight excluding hydrogens is 785 g/mol. The highest BCUT2D eigenvalue weighted by atomic mass is 16.7. The zero-order valence-corrected chi connectivity index (χ0v) is 37.1. The molecule has 4 bridgehead atoms. The second-order valence-electron chi connectivity index (χ2n) is 18.0. The van der Waals surface area contributed by atoms with Crippen LogP contribution in [0.3, 0.4) is 0 Å². The Morgan fingerprint density at radius 3 is 2.25 bits per heavy atom. The normalized spacial score (nSPS) is 31.3. The minimum Gasteiger partial charge on any atom is -0.507 e. The molecule has 0 saturated carbocycles. The number of aliphatic hydroxyl groups excluding tert-OH is 2. The number of phenols is 2. The van der Waals surface area contributed by atoms with Crippen LogP contribution in [-0.2, 0) is 23.8 Å². The minimum absolute atomic E-state index is 0.0364. The molecule has 1 amide bonds. The molecule has 1 spiro atoms. The van der Waals surface area contributed by atoms with Gasteiger partial charge in [0.05, 0.1) is 40.9 Å². The number of piperidine rings is 1. The van der Waals surface area contributed by atoms with Crippen LogP contribution in [0, 0.1) is 36.5 Å². The molecule has 0 unspecified atom stereocenters. The topological polar surface area (TPSA) is 209 Å². The first-order valence-corrected chi connectivity index (χ1v) is 21.2. The van der Waals surface area contributed by atoms with Gasteiger partial charge in [-0.05, 0) is 25.8 Å². The molecule has 332 valence electrons. The summed E-state index contributed by atoms with van der Waals surface area (Å²) in [6, 6.07) is 0. The minimum atomic E-state index is -1.96. The first-order chi connectivity index (χ1) is 28.6. The van der Waals surface area contributed by atoms with Crippen molar-refractivity contribution in [3.8, 4) is 17.2 Å². The van der Waals surface area contributed by atoms with Crippen LogP contribution in [0.2, 0.25) is 0 Å². The molecule has 1 saturated heterocycles. The first kappa shape index (κ1) is 45.7. The van der Waals surface area contributed by atoms with E-state index in [9.17, 15) is 34.8 Å². The van der Waals surface area contributed by atoms with Crippen LogP contribution >= 0.6 is 0 Å². The molecule has 15 heteroatoms. The molecule has 4 heterocycles. The van der Waals surface area contributed by atoms with Crippen molar-refractivity contribution in [3.63, 3.8) is 0 Å². The fourth-order valence-electron chi connectivity index (χ4n) is 9.20. The Morgan fingerprint density at radius 2 is 1.62 bits per heavy atom. The van der Waals surface area contributed by atoms with E-state index in [2.05, 4.69) is 24.1 Å². The van der Waals surface area contributed by atoms with Gasteiger partial charge in [0.2, 0.25) is 0 Å². The summed E-state index contributed by atoms with van der Waals surface area (Å²) in [6.45, 7) is 19.5. The Kier molecular flexibility index (Phi) is 13.1. The average Bonchev–Trinajstić information content (AvgIpc) is 3.71. The Balaban J connectivity index is 1.54. The summed E-state index contributed by atoms with van der Waals surface area (Å²) < 4.78 is 24.0. The highest BCUT2D eigenvalue weighted by molar-refractivity contribution is 6.19. The number of phenolic OH excluding ortho intramolecular Hbond substituents is 2. The van der Waals surface area contributed by atoms with Crippen LogP contribution in [0.4, 0.5) is 5.69 Å². The van der Waals surface area contributed by atoms with Gasteiger partial charge in [-0.1, -0.05) is 59.8 Å². The summed E-state index contributed by atoms with van der Waals surface area (Å²) in [5.41, 5.74) is -0.572. The van der Waals surface area contributed by atoms with Crippen LogP contribution in [0.5, 0.6) is 17.2 Å². The lowest BCUT2D eigenvalue weighted by Crippen LogP contribution is -2.46. The van der Waals surface area contributed by atoms with Gasteiger partial charge in [0.1, 0.15) is 28.6 Å². The molecule has 0 radical (unpaired) electrons. The number of nitrogens with one attached hydrogen (secondary N) is 1. The van der Waals surface area contributed by atoms with Gasteiger partial charge in [-0.3, -0.25) is 24.4 Å². The maximum Gasteiger partial charge on any atom is 0.312 e. The van der Waals surface area contributed by atoms with Crippen LogP contribution in [0.1, 0.15) is 91.1 Å². The Hall–Kier alpha value is -4.83. The number of nitrogens with zero attached hydrogens (tertiary/aromatic N) is 3. The van der Waals surface area contributed by atoms with Crippen molar-refractivity contribution in [2.24, 2.45) is 39.6 Å². The lowest BCUT2D eigenvalue weighted by molar-refractivity contribution is -0.160. The van der Waals surface area contributed by atoms with Gasteiger partial charge in [0.15, 0.2) is 11.4 Å². The van der Waals surface area contributed by atoms with Crippen LogP contribution < -0.4 is 20.8 Å². The van der Waals surface area contributed by atoms with Gasteiger partial charge in [0.25, 0.3) is 11.7 Å². The molecule has 9 atom stereocenters. The SMILES string of the molecule is CO[C@H]1C=CO[C@@]2(C)Oc3c(C)c(O)c4c(O)c(c5c(c4c3C2=O)=NC2(CCN(CC(C)C)CC2)N=5)NC(=O)C(C)=C/C=C/[C@H](C)[C@H](O)[C@@H](C)[C@@H](O)[C@@H](C)[C@H](OC(C)=O)[C@@H]1C. The van der Waals surface area contributed by atoms with Gasteiger partial charge in [0, 0.05) is 93.6 Å². The number of aliphatic hydroxyl groups is 2. The number of anilines is 1. The molecule has 2 aromatic carbocycles. The number of carbonyl (C=O) groups excluding carboxylic acids is 3. The number of methoxy groups -OCH3 is 1. The van der Waals surface area contributed by atoms with Gasteiger partial charge in [-0.15, -0.1) is 0 Å². The van der Waals surface area contributed by atoms with E-state index in [0.717, 1.165) is 6.54 Å². The van der Waals surface area contributed by atoms with Crippen LogP contribution in [-0.4, -0.2) is 106 Å². The second kappa shape index (κ2) is 17.5. The first-order valence-electron chi connectivity index (χ1n) is 21.2. The molecule has 4 aliphatic heterocycles. The second-order valence-corrected chi connectivity index (χ2v) is 18.0. The monoisotopic (exact) mass is 846 g/mol. The van der Waals surface area contributed by atoms with Gasteiger partial charge >= 0.3 is 11.8 Å². The number of likely N-dealkylation sites (tertiary alicyclic amines) is 1. The number of aromatic hydroxyl groups is 2. The Labute approximate surface area is 356 Å². The van der Waals surface area contributed by atoms with E-state index in [1.807, 2.05) is 0 Å². The summed E-state index contributed by atoms with van der Waals surface area (Å²) >= 11 is 0. The van der Waals surface area contributed by atoms with Gasteiger partial charge in [-0.2, -0.15) is 0 Å². The van der Waals surface area contributed by atoms with Crippen molar-refractivity contribution < 1.29 is 53.8 Å². The van der Waals surface area contributed by atoms with Gasteiger partial charge < -0.3 is 49.6 Å². The van der Waals surface area contributed by atoms with Crippen molar-refractivity contribution in [2.45, 2.75) is 118 Å². The number of amides is 1. The average molecular weight is 847 g/mol. The zero-order chi connectivity index (χ0) is 44.9. The van der Waals surface area contributed by atoms with Gasteiger partial charge in [-0.25, -0.2) is 0 Å². The lowest BCUT2D eigenvalue weighted by atomic mass is 9.78. The molecule has 1 fully saturated rings. The van der Waals surface area contributed by atoms with E-state index >= 15 is 0 Å². The summed E-state index contributed by atoms with van der Waals surface area (Å²) in [7, 11) is 1.47. The maximum absolute atomic E-state index is 14.7. The number of esters is 1. The number of Topliss-reactive ketones (excluding diaryl/α,β-unsaturated/α-hetero) is 1. The molecule has 0 aliphatic carbocycles. The van der Waals surface area contributed by atoms with E-state index in [1.54, 1.807) is 65.8 Å². The molecule has 4 aliphatic rings. The third kappa shape index (κ3) is 8.54. The van der Waals surface area contributed by atoms with E-state index in [4.69, 9.17) is 28.9 Å². The summed E-state index contributed by atoms with van der Waals surface area (Å²) in [4.78, 5) is 53.7. The predicted molar refractivity (Wildman–Crippen MR) is 228 cm³/mol. The van der Waals surface area contributed by atoms with E-state index in [-0.39, 0.29) is 55.4 Å². The summed E-state index contributed by atoms with van der Waals surface area (Å²) in [5.74, 6) is -6.44. The number of hydrogen-bond acceptors (Lipinski definition) is 14. The van der Waals surface area contributed by atoms with Crippen molar-refractivity contribution >= 4 is 34.1 Å². The standard InChI is InChI=1S/C46H62N4O11/c1-22(2)21-50-18-16-46(17-19-50)48-34-31-32-39(54)28(8)42-33(31)43(56)45(10,61-42)59-20-15-30(58-11)25(5)41(60-29(9)51)27(7)38(53)26(6)37(52)23(3)13-12-14-24(4)44(57)47-36(40(32)55)35(34)49-46/h12-15,20,22-23,25-27,30,37-38,41,52-55H,16-19,21H2,1-11H3,(H,47,57)/b13-12+,20-15?,24-14?/t23-,25+,26+,27+,30-,37-,38+,41+,45-/m0/s1. The zero-order valence-electron chi connectivity index (χ0n) is 37.1. The molecular formula is C46H62N4O11. The summed E-state index contributed by atoms with van der Waals surface area (Å²) in [5, 5.41) is 50.2. The fourth-order valence-corrected chi connectivity index (χ4v) is 9.20. The molecule has 5 N–H and O–H groups in total. The van der Waals surface area contributed by atoms with Crippen molar-refractivity contribution in [1.29, 1.82) is 0 Å². The summed E-state index contributed by atoms with van der Waals surface area (Å²) in [6.07, 6.45) is 5.04. The number of ether oxygens (including phenoxy) is 4. The van der Waals surface area contributed by atoms with E-state index < -0.39 is 82.9 Å². The predicted octanol–water partition coefficient (Wildman–Crippen LogP) is 4.75. The highest BCUT2D eigenvalue weighted by Gasteiger charge is 2.50. The number of ketones is 1. The van der Waals surface area contributed by atoms with E-state index in [1.165, 1.54) is 27.2 Å². The number of carbonyl (C=O) groups is 3. The van der Waals surface area contributed by atoms with Crippen LogP contribution in [0.15, 0.2) is 46.1 Å². The lowest BCUT2D eigenvalue weighted by Gasteiger charge is -2.38. The largest absolute Gasteiger partial charge is 0.507 e. The molecule has 6 rings (SSSR count). The smallest absolute Gasteiger partial charge is 0.312 e. The van der Waals surface area contributed by atoms with Crippen molar-refractivity contribution in [1.82, 2.24) is 4.90 Å². The highest BCUT2D eigenvalue weighted by Crippen LogP contribution is 2.50. The Bertz CT molecular complexity index is 2300. The quantitative estimate of drug-likeness (QED) is 0.209. The fraction of sp³-hybridized carbons (Fsp3) is 0.587. The molecule has 15 nitrogen and oxygen atoms in total. The molecule has 61 heavy (non-hydrogen) atoms. The third-order valence-corrected chi connectivity index (χ3v) is 12.9. The van der Waals surface area contributed by atoms with Crippen LogP contribution in [0.25, 0.3) is 10.8 Å². The molecule has 2 aromatic rings. The number of fused-ring (bicyclic) bond motifs is 1. The third-order valence-electron chi connectivity index (χ3n) is 12.9. The molecule has 0 aromatic heterocycles. The van der Waals surface area contributed by atoms with E-state index in [0.29, 0.717) is 31.8 Å². The number of benzene rings is 2.